The van der Waals surface area contributed by atoms with Crippen molar-refractivity contribution in [1.82, 2.24) is 5.32 Å². The molecule has 1 aliphatic rings. The molecule has 1 aliphatic carbocycles. The number of nitrogens with one attached hydrogen (secondary N) is 1. The van der Waals surface area contributed by atoms with Crippen molar-refractivity contribution < 1.29 is 0 Å². The van der Waals surface area contributed by atoms with Crippen LogP contribution >= 0.6 is 0 Å². The van der Waals surface area contributed by atoms with Crippen LogP contribution < -0.4 is 5.32 Å². The van der Waals surface area contributed by atoms with Crippen LogP contribution in [-0.2, 0) is 0 Å². The van der Waals surface area contributed by atoms with Gasteiger partial charge < -0.3 is 5.32 Å². The highest BCUT2D eigenvalue weighted by molar-refractivity contribution is 4.69. The first-order valence-corrected chi connectivity index (χ1v) is 5.14. The second kappa shape index (κ2) is 5.59. The molecule has 1 saturated carbocycles. The highest BCUT2D eigenvalue weighted by Crippen LogP contribution is 2.23. The summed E-state index contributed by atoms with van der Waals surface area (Å²) >= 11 is 0. The second-order valence-corrected chi connectivity index (χ2v) is 3.71. The van der Waals surface area contributed by atoms with Gasteiger partial charge in [0.15, 0.2) is 0 Å². The molecule has 1 N–H and O–H groups in total. The topological polar surface area (TPSA) is 12.0 Å². The van der Waals surface area contributed by atoms with Gasteiger partial charge in [-0.05, 0) is 38.3 Å². The average Bonchev–Trinajstić information content (AvgIpc) is 2.50. The van der Waals surface area contributed by atoms with Crippen LogP contribution in [0.1, 0.15) is 45.4 Å². The van der Waals surface area contributed by atoms with E-state index in [4.69, 9.17) is 0 Å². The second-order valence-electron chi connectivity index (χ2n) is 3.71. The highest BCUT2D eigenvalue weighted by Gasteiger charge is 2.13. The van der Waals surface area contributed by atoms with Crippen molar-refractivity contribution in [2.75, 3.05) is 13.1 Å². The van der Waals surface area contributed by atoms with Gasteiger partial charge in [0.05, 0.1) is 0 Å². The van der Waals surface area contributed by atoms with E-state index in [0.29, 0.717) is 0 Å². The van der Waals surface area contributed by atoms with E-state index in [-0.39, 0.29) is 0 Å². The number of hydrogen-bond donors (Lipinski definition) is 1. The van der Waals surface area contributed by atoms with Crippen LogP contribution in [0.15, 0.2) is 0 Å². The zero-order valence-electron chi connectivity index (χ0n) is 7.73. The van der Waals surface area contributed by atoms with Crippen molar-refractivity contribution in [1.29, 1.82) is 0 Å². The Morgan fingerprint density at radius 3 is 2.64 bits per heavy atom. The van der Waals surface area contributed by atoms with Crippen molar-refractivity contribution in [2.24, 2.45) is 5.92 Å². The number of unbranched alkanes of at least 4 members (excludes halogenated alkanes) is 1. The predicted molar refractivity (Wildman–Crippen MR) is 49.7 cm³/mol. The van der Waals surface area contributed by atoms with Gasteiger partial charge >= 0.3 is 0 Å². The molecule has 0 aromatic rings. The molecule has 0 spiro atoms. The maximum absolute atomic E-state index is 3.53. The van der Waals surface area contributed by atoms with Crippen LogP contribution in [-0.4, -0.2) is 13.1 Å². The van der Waals surface area contributed by atoms with E-state index in [1.165, 1.54) is 51.6 Å². The van der Waals surface area contributed by atoms with Crippen molar-refractivity contribution in [2.45, 2.75) is 45.4 Å². The summed E-state index contributed by atoms with van der Waals surface area (Å²) < 4.78 is 0. The van der Waals surface area contributed by atoms with E-state index >= 15 is 0 Å². The highest BCUT2D eigenvalue weighted by atomic mass is 14.9. The molecular formula is C10H21N. The first kappa shape index (κ1) is 9.05. The molecule has 0 radical (unpaired) electrons. The molecule has 0 saturated heterocycles. The average molecular weight is 155 g/mol. The molecule has 1 heteroatoms. The minimum Gasteiger partial charge on any atom is -0.316 e. The van der Waals surface area contributed by atoms with E-state index in [9.17, 15) is 0 Å². The molecule has 1 rings (SSSR count). The molecule has 1 fully saturated rings. The van der Waals surface area contributed by atoms with Crippen LogP contribution in [0.3, 0.4) is 0 Å². The monoisotopic (exact) mass is 155 g/mol. The zero-order chi connectivity index (χ0) is 7.94. The quantitative estimate of drug-likeness (QED) is 0.602. The molecule has 0 heterocycles. The predicted octanol–water partition coefficient (Wildman–Crippen LogP) is 2.57. The Bertz CT molecular complexity index is 84.9. The summed E-state index contributed by atoms with van der Waals surface area (Å²) in [6, 6.07) is 0. The third-order valence-electron chi connectivity index (χ3n) is 2.61. The van der Waals surface area contributed by atoms with Gasteiger partial charge in [-0.1, -0.05) is 26.2 Å². The summed E-state index contributed by atoms with van der Waals surface area (Å²) in [4.78, 5) is 0. The first-order chi connectivity index (χ1) is 5.43. The zero-order valence-corrected chi connectivity index (χ0v) is 7.73. The van der Waals surface area contributed by atoms with Crippen molar-refractivity contribution in [3.63, 3.8) is 0 Å². The lowest BCUT2D eigenvalue weighted by Gasteiger charge is -2.09. The summed E-state index contributed by atoms with van der Waals surface area (Å²) in [6.07, 6.45) is 8.54. The molecule has 11 heavy (non-hydrogen) atoms. The van der Waals surface area contributed by atoms with Crippen LogP contribution in [0.25, 0.3) is 0 Å². The Labute approximate surface area is 70.6 Å². The fourth-order valence-corrected chi connectivity index (χ4v) is 1.82. The van der Waals surface area contributed by atoms with E-state index in [1.807, 2.05) is 0 Å². The Kier molecular flexibility index (Phi) is 4.60. The lowest BCUT2D eigenvalue weighted by Crippen LogP contribution is -2.22. The van der Waals surface area contributed by atoms with E-state index in [2.05, 4.69) is 12.2 Å². The molecule has 0 aliphatic heterocycles. The molecule has 0 aromatic carbocycles. The standard InChI is InChI=1S/C10H21N/c1-2-3-8-11-9-10-6-4-5-7-10/h10-11H,2-9H2,1H3. The molecular weight excluding hydrogens is 134 g/mol. The minimum atomic E-state index is 1.01. The van der Waals surface area contributed by atoms with E-state index < -0.39 is 0 Å². The van der Waals surface area contributed by atoms with Gasteiger partial charge in [0, 0.05) is 0 Å². The summed E-state index contributed by atoms with van der Waals surface area (Å²) in [5, 5.41) is 3.53. The molecule has 0 unspecified atom stereocenters. The smallest absolute Gasteiger partial charge is 0.00205 e. The normalized spacial score (nSPS) is 19.4. The van der Waals surface area contributed by atoms with E-state index in [0.717, 1.165) is 5.92 Å². The molecule has 0 atom stereocenters. The maximum Gasteiger partial charge on any atom is -0.00205 e. The molecule has 0 bridgehead atoms. The number of rotatable bonds is 5. The van der Waals surface area contributed by atoms with Gasteiger partial charge in [0.2, 0.25) is 0 Å². The SMILES string of the molecule is CCCCNCC1CCCC1. The van der Waals surface area contributed by atoms with Gasteiger partial charge in [-0.15, -0.1) is 0 Å². The van der Waals surface area contributed by atoms with Crippen LogP contribution in [0.4, 0.5) is 0 Å². The Morgan fingerprint density at radius 2 is 2.00 bits per heavy atom. The van der Waals surface area contributed by atoms with Gasteiger partial charge in [-0.25, -0.2) is 0 Å². The third kappa shape index (κ3) is 3.76. The van der Waals surface area contributed by atoms with Crippen LogP contribution in [0, 0.1) is 5.92 Å². The maximum atomic E-state index is 3.53. The van der Waals surface area contributed by atoms with Gasteiger partial charge in [-0.3, -0.25) is 0 Å². The Morgan fingerprint density at radius 1 is 1.27 bits per heavy atom. The lowest BCUT2D eigenvalue weighted by molar-refractivity contribution is 0.484. The van der Waals surface area contributed by atoms with Crippen molar-refractivity contribution in [3.8, 4) is 0 Å². The van der Waals surface area contributed by atoms with Crippen LogP contribution in [0.5, 0.6) is 0 Å². The fourth-order valence-electron chi connectivity index (χ4n) is 1.82. The molecule has 0 amide bonds. The minimum absolute atomic E-state index is 1.01. The molecule has 1 nitrogen and oxygen atoms in total. The molecule has 0 aromatic heterocycles. The fraction of sp³-hybridized carbons (Fsp3) is 1.00. The van der Waals surface area contributed by atoms with Gasteiger partial charge in [0.1, 0.15) is 0 Å². The summed E-state index contributed by atoms with van der Waals surface area (Å²) in [7, 11) is 0. The first-order valence-electron chi connectivity index (χ1n) is 5.14. The van der Waals surface area contributed by atoms with Crippen molar-refractivity contribution in [3.05, 3.63) is 0 Å². The summed E-state index contributed by atoms with van der Waals surface area (Å²) in [5.41, 5.74) is 0. The van der Waals surface area contributed by atoms with Gasteiger partial charge in [0.25, 0.3) is 0 Å². The summed E-state index contributed by atoms with van der Waals surface area (Å²) in [6.45, 7) is 4.75. The van der Waals surface area contributed by atoms with Gasteiger partial charge in [-0.2, -0.15) is 0 Å². The largest absolute Gasteiger partial charge is 0.316 e. The van der Waals surface area contributed by atoms with Crippen molar-refractivity contribution >= 4 is 0 Å². The lowest BCUT2D eigenvalue weighted by atomic mass is 10.1. The Balaban J connectivity index is 1.86. The third-order valence-corrected chi connectivity index (χ3v) is 2.61. The summed E-state index contributed by atoms with van der Waals surface area (Å²) in [5.74, 6) is 1.01. The Hall–Kier alpha value is -0.0400. The number of hydrogen-bond acceptors (Lipinski definition) is 1. The molecule has 66 valence electrons. The van der Waals surface area contributed by atoms with Crippen LogP contribution in [0.2, 0.25) is 0 Å². The van der Waals surface area contributed by atoms with E-state index in [1.54, 1.807) is 0 Å².